The van der Waals surface area contributed by atoms with Crippen molar-refractivity contribution in [3.05, 3.63) is 54.1 Å². The van der Waals surface area contributed by atoms with Crippen molar-refractivity contribution in [1.29, 1.82) is 0 Å². The zero-order chi connectivity index (χ0) is 26.4. The zero-order valence-corrected chi connectivity index (χ0v) is 21.7. The van der Waals surface area contributed by atoms with Crippen LogP contribution in [0.3, 0.4) is 0 Å². The van der Waals surface area contributed by atoms with Gasteiger partial charge in [0.05, 0.1) is 18.9 Å². The van der Waals surface area contributed by atoms with E-state index in [1.165, 1.54) is 7.11 Å². The van der Waals surface area contributed by atoms with E-state index < -0.39 is 25.1 Å². The van der Waals surface area contributed by atoms with Crippen molar-refractivity contribution in [2.24, 2.45) is 0 Å². The van der Waals surface area contributed by atoms with Crippen LogP contribution < -0.4 is 4.74 Å². The number of aliphatic hydroxyl groups is 1. The summed E-state index contributed by atoms with van der Waals surface area (Å²) in [4.78, 5) is 10.5. The van der Waals surface area contributed by atoms with Crippen molar-refractivity contribution in [2.45, 2.75) is 56.8 Å². The first-order chi connectivity index (χ1) is 17.9. The van der Waals surface area contributed by atoms with Gasteiger partial charge < -0.3 is 24.2 Å². The number of aromatic nitrogens is 5. The molecule has 4 rings (SSSR count). The quantitative estimate of drug-likeness (QED) is 0.413. The van der Waals surface area contributed by atoms with Crippen LogP contribution in [-0.4, -0.2) is 87.9 Å². The van der Waals surface area contributed by atoms with E-state index in [0.29, 0.717) is 18.9 Å². The monoisotopic (exact) mass is 514 g/mol. The third kappa shape index (κ3) is 6.67. The van der Waals surface area contributed by atoms with Crippen LogP contribution in [0.5, 0.6) is 6.01 Å². The second kappa shape index (κ2) is 12.5. The summed E-state index contributed by atoms with van der Waals surface area (Å²) in [6.07, 6.45) is 6.02. The molecule has 3 heterocycles. The molecule has 0 amide bonds. The summed E-state index contributed by atoms with van der Waals surface area (Å²) in [6, 6.07) is 7.56. The number of methoxy groups -OCH3 is 2. The Balaban J connectivity index is 1.40. The van der Waals surface area contributed by atoms with E-state index in [2.05, 4.69) is 25.2 Å². The number of hydrogen-bond donors (Lipinski definition) is 1. The van der Waals surface area contributed by atoms with Crippen molar-refractivity contribution in [2.75, 3.05) is 34.5 Å². The standard InChI is InChI=1S/C26H35FN6O4/c1-17-11-22(12-24(34)37-17)32(2)10-9-21-16-33(31-30-21)23(13-27)25(35-3)19-7-5-18(6-8-19)20-14-28-26(36-4)29-15-20/h5-8,14-17,22-25,34H,9-13H2,1-4H3/t17-,22+,23-,24-,25-/m1/s1. The maximum absolute atomic E-state index is 14.3. The fourth-order valence-corrected chi connectivity index (χ4v) is 4.76. The number of nitrogens with zero attached hydrogens (tertiary/aromatic N) is 6. The number of halogens is 1. The van der Waals surface area contributed by atoms with Gasteiger partial charge in [0.1, 0.15) is 18.8 Å². The number of aliphatic hydroxyl groups excluding tert-OH is 1. The van der Waals surface area contributed by atoms with Crippen molar-refractivity contribution in [3.63, 3.8) is 0 Å². The molecule has 2 aromatic heterocycles. The Labute approximate surface area is 216 Å². The topological polar surface area (TPSA) is 108 Å². The van der Waals surface area contributed by atoms with Gasteiger partial charge in [0.25, 0.3) is 0 Å². The molecule has 0 saturated carbocycles. The molecule has 1 N–H and O–H groups in total. The van der Waals surface area contributed by atoms with Gasteiger partial charge in [0.15, 0.2) is 6.29 Å². The molecule has 0 unspecified atom stereocenters. The Morgan fingerprint density at radius 3 is 2.51 bits per heavy atom. The minimum absolute atomic E-state index is 0.0203. The van der Waals surface area contributed by atoms with E-state index in [1.54, 1.807) is 30.4 Å². The van der Waals surface area contributed by atoms with E-state index in [0.717, 1.165) is 35.3 Å². The van der Waals surface area contributed by atoms with E-state index in [-0.39, 0.29) is 12.1 Å². The smallest absolute Gasteiger partial charge is 0.316 e. The number of ether oxygens (including phenoxy) is 3. The molecule has 0 radical (unpaired) electrons. The lowest BCUT2D eigenvalue weighted by Gasteiger charge is -2.36. The second-order valence-corrected chi connectivity index (χ2v) is 9.41. The van der Waals surface area contributed by atoms with Crippen molar-refractivity contribution < 1.29 is 23.7 Å². The van der Waals surface area contributed by atoms with Crippen LogP contribution in [0.2, 0.25) is 0 Å². The fraction of sp³-hybridized carbons (Fsp3) is 0.538. The molecular formula is C26H35FN6O4. The van der Waals surface area contributed by atoms with E-state index >= 15 is 0 Å². The van der Waals surface area contributed by atoms with Crippen LogP contribution in [0.1, 0.15) is 43.2 Å². The van der Waals surface area contributed by atoms with Gasteiger partial charge in [-0.3, -0.25) is 0 Å². The average molecular weight is 515 g/mol. The Morgan fingerprint density at radius 2 is 1.89 bits per heavy atom. The largest absolute Gasteiger partial charge is 0.467 e. The third-order valence-corrected chi connectivity index (χ3v) is 6.85. The van der Waals surface area contributed by atoms with Gasteiger partial charge in [0, 0.05) is 56.7 Å². The maximum Gasteiger partial charge on any atom is 0.316 e. The molecule has 1 saturated heterocycles. The number of rotatable bonds is 11. The number of alkyl halides is 1. The van der Waals surface area contributed by atoms with E-state index in [1.807, 2.05) is 38.2 Å². The van der Waals surface area contributed by atoms with Gasteiger partial charge in [-0.15, -0.1) is 5.10 Å². The molecule has 3 aromatic rings. The van der Waals surface area contributed by atoms with Gasteiger partial charge in [-0.1, -0.05) is 29.5 Å². The van der Waals surface area contributed by atoms with Crippen LogP contribution in [0.25, 0.3) is 11.1 Å². The Bertz CT molecular complexity index is 1100. The highest BCUT2D eigenvalue weighted by Crippen LogP contribution is 2.31. The molecule has 1 aromatic carbocycles. The Kier molecular flexibility index (Phi) is 9.14. The minimum atomic E-state index is -0.730. The molecule has 5 atom stereocenters. The molecule has 37 heavy (non-hydrogen) atoms. The lowest BCUT2D eigenvalue weighted by molar-refractivity contribution is -0.173. The highest BCUT2D eigenvalue weighted by molar-refractivity contribution is 5.61. The van der Waals surface area contributed by atoms with Crippen LogP contribution in [-0.2, 0) is 15.9 Å². The normalized spacial score (nSPS) is 21.6. The van der Waals surface area contributed by atoms with Gasteiger partial charge in [-0.2, -0.15) is 0 Å². The number of likely N-dealkylation sites (N-methyl/N-ethyl adjacent to an activating group) is 1. The Morgan fingerprint density at radius 1 is 1.16 bits per heavy atom. The first-order valence-corrected chi connectivity index (χ1v) is 12.4. The van der Waals surface area contributed by atoms with Crippen LogP contribution in [0.15, 0.2) is 42.9 Å². The molecule has 1 aliphatic heterocycles. The van der Waals surface area contributed by atoms with Gasteiger partial charge in [-0.25, -0.2) is 19.0 Å². The first-order valence-electron chi connectivity index (χ1n) is 12.4. The highest BCUT2D eigenvalue weighted by Gasteiger charge is 2.29. The van der Waals surface area contributed by atoms with Crippen molar-refractivity contribution in [1.82, 2.24) is 29.9 Å². The summed E-state index contributed by atoms with van der Waals surface area (Å²) in [5, 5.41) is 18.4. The lowest BCUT2D eigenvalue weighted by atomic mass is 9.99. The van der Waals surface area contributed by atoms with Gasteiger partial charge in [-0.05, 0) is 31.5 Å². The summed E-state index contributed by atoms with van der Waals surface area (Å²) in [5.74, 6) is 0. The molecule has 10 nitrogen and oxygen atoms in total. The summed E-state index contributed by atoms with van der Waals surface area (Å²) in [6.45, 7) is 2.06. The van der Waals surface area contributed by atoms with Crippen LogP contribution >= 0.6 is 0 Å². The molecular weight excluding hydrogens is 479 g/mol. The summed E-state index contributed by atoms with van der Waals surface area (Å²) in [5.41, 5.74) is 3.37. The molecule has 0 spiro atoms. The predicted molar refractivity (Wildman–Crippen MR) is 135 cm³/mol. The number of benzene rings is 1. The first kappa shape index (κ1) is 27.1. The molecule has 1 fully saturated rings. The average Bonchev–Trinajstić information content (AvgIpc) is 3.38. The Hall–Kier alpha value is -2.99. The molecule has 0 bridgehead atoms. The van der Waals surface area contributed by atoms with Crippen molar-refractivity contribution >= 4 is 0 Å². The second-order valence-electron chi connectivity index (χ2n) is 9.41. The summed E-state index contributed by atoms with van der Waals surface area (Å²) in [7, 11) is 5.12. The third-order valence-electron chi connectivity index (χ3n) is 6.85. The summed E-state index contributed by atoms with van der Waals surface area (Å²) >= 11 is 0. The van der Waals surface area contributed by atoms with Crippen molar-refractivity contribution in [3.8, 4) is 17.1 Å². The SMILES string of the molecule is COc1ncc(-c2ccc([C@@H](OC)[C@@H](CF)n3cc(CCN(C)[C@H]4C[C@@H](C)O[C@@H](O)C4)nn3)cc2)cn1. The highest BCUT2D eigenvalue weighted by atomic mass is 19.1. The molecule has 200 valence electrons. The number of hydrogen-bond acceptors (Lipinski definition) is 9. The zero-order valence-electron chi connectivity index (χ0n) is 21.7. The molecule has 1 aliphatic rings. The lowest BCUT2D eigenvalue weighted by Crippen LogP contribution is -2.43. The van der Waals surface area contributed by atoms with Crippen LogP contribution in [0.4, 0.5) is 4.39 Å². The van der Waals surface area contributed by atoms with E-state index in [9.17, 15) is 9.50 Å². The molecule has 0 aliphatic carbocycles. The van der Waals surface area contributed by atoms with E-state index in [4.69, 9.17) is 14.2 Å². The maximum atomic E-state index is 14.3. The predicted octanol–water partition coefficient (Wildman–Crippen LogP) is 3.00. The summed E-state index contributed by atoms with van der Waals surface area (Å²) < 4.78 is 32.0. The van der Waals surface area contributed by atoms with Gasteiger partial charge >= 0.3 is 6.01 Å². The fourth-order valence-electron chi connectivity index (χ4n) is 4.76. The minimum Gasteiger partial charge on any atom is -0.467 e. The van der Waals surface area contributed by atoms with Gasteiger partial charge in [0.2, 0.25) is 0 Å². The van der Waals surface area contributed by atoms with Crippen LogP contribution in [0, 0.1) is 0 Å². The molecule has 11 heteroatoms.